The molecule has 0 saturated carbocycles. The summed E-state index contributed by atoms with van der Waals surface area (Å²) in [4.78, 5) is 11.9. The summed E-state index contributed by atoms with van der Waals surface area (Å²) in [5.41, 5.74) is 12.2. The third-order valence-electron chi connectivity index (χ3n) is 2.31. The highest BCUT2D eigenvalue weighted by Gasteiger charge is 2.23. The van der Waals surface area contributed by atoms with Crippen molar-refractivity contribution in [3.63, 3.8) is 0 Å². The molecule has 1 aliphatic rings. The Kier molecular flexibility index (Phi) is 2.29. The molecule has 5 heteroatoms. The third-order valence-corrected chi connectivity index (χ3v) is 2.31. The zero-order valence-corrected chi connectivity index (χ0v) is 8.18. The van der Waals surface area contributed by atoms with E-state index in [4.69, 9.17) is 11.5 Å². The van der Waals surface area contributed by atoms with Crippen LogP contribution in [0.4, 0.5) is 0 Å². The van der Waals surface area contributed by atoms with Crippen LogP contribution in [0.2, 0.25) is 0 Å². The molecule has 0 aliphatic carbocycles. The van der Waals surface area contributed by atoms with E-state index < -0.39 is 0 Å². The van der Waals surface area contributed by atoms with Crippen LogP contribution >= 0.6 is 0 Å². The molecule has 78 valence electrons. The normalized spacial score (nSPS) is 14.7. The predicted octanol–water partition coefficient (Wildman–Crippen LogP) is -0.127. The summed E-state index contributed by atoms with van der Waals surface area (Å²) in [6.07, 6.45) is 0.776. The number of carbonyl (C=O) groups is 1. The second kappa shape index (κ2) is 3.61. The lowest BCUT2D eigenvalue weighted by molar-refractivity contribution is 0.0744. The maximum Gasteiger partial charge on any atom is 0.274 e. The minimum atomic E-state index is -0.148. The van der Waals surface area contributed by atoms with Gasteiger partial charge in [-0.3, -0.25) is 4.79 Å². The van der Waals surface area contributed by atoms with E-state index in [1.165, 1.54) is 5.01 Å². The smallest absolute Gasteiger partial charge is 0.274 e. The Balaban J connectivity index is 2.34. The van der Waals surface area contributed by atoms with Crippen LogP contribution < -0.4 is 11.5 Å². The van der Waals surface area contributed by atoms with Crippen LogP contribution in [0.3, 0.4) is 0 Å². The van der Waals surface area contributed by atoms with Gasteiger partial charge < -0.3 is 11.5 Å². The van der Waals surface area contributed by atoms with Crippen molar-refractivity contribution in [2.24, 2.45) is 16.6 Å². The molecular formula is C10H12N4O. The SMILES string of the molecule is NC(N)=NN1CCc2ccccc2C1=O. The van der Waals surface area contributed by atoms with Gasteiger partial charge in [-0.2, -0.15) is 0 Å². The lowest BCUT2D eigenvalue weighted by atomic mass is 10.0. The molecule has 0 spiro atoms. The van der Waals surface area contributed by atoms with Crippen LogP contribution in [0, 0.1) is 0 Å². The Morgan fingerprint density at radius 2 is 2.07 bits per heavy atom. The first-order chi connectivity index (χ1) is 7.18. The third kappa shape index (κ3) is 1.76. The molecule has 5 nitrogen and oxygen atoms in total. The van der Waals surface area contributed by atoms with Crippen molar-refractivity contribution in [1.29, 1.82) is 0 Å². The number of nitrogens with two attached hydrogens (primary N) is 2. The highest BCUT2D eigenvalue weighted by Crippen LogP contribution is 2.18. The largest absolute Gasteiger partial charge is 0.369 e. The number of guanidine groups is 1. The summed E-state index contributed by atoms with van der Waals surface area (Å²) < 4.78 is 0. The molecular weight excluding hydrogens is 192 g/mol. The van der Waals surface area contributed by atoms with Crippen LogP contribution in [-0.2, 0) is 6.42 Å². The molecule has 1 heterocycles. The second-order valence-corrected chi connectivity index (χ2v) is 3.36. The molecule has 15 heavy (non-hydrogen) atoms. The first kappa shape index (κ1) is 9.51. The zero-order valence-electron chi connectivity index (χ0n) is 8.18. The van der Waals surface area contributed by atoms with Gasteiger partial charge in [-0.05, 0) is 18.1 Å². The minimum Gasteiger partial charge on any atom is -0.369 e. The number of hydrogen-bond donors (Lipinski definition) is 2. The summed E-state index contributed by atoms with van der Waals surface area (Å²) in [6, 6.07) is 7.48. The van der Waals surface area contributed by atoms with Crippen molar-refractivity contribution in [2.45, 2.75) is 6.42 Å². The van der Waals surface area contributed by atoms with Gasteiger partial charge in [0.25, 0.3) is 5.91 Å². The lowest BCUT2D eigenvalue weighted by Gasteiger charge is -2.23. The number of nitrogens with zero attached hydrogens (tertiary/aromatic N) is 2. The molecule has 1 aromatic rings. The maximum absolute atomic E-state index is 11.9. The van der Waals surface area contributed by atoms with Gasteiger partial charge >= 0.3 is 0 Å². The van der Waals surface area contributed by atoms with Crippen LogP contribution in [0.25, 0.3) is 0 Å². The Morgan fingerprint density at radius 1 is 1.33 bits per heavy atom. The summed E-state index contributed by atoms with van der Waals surface area (Å²) >= 11 is 0. The number of carbonyl (C=O) groups excluding carboxylic acids is 1. The monoisotopic (exact) mass is 204 g/mol. The predicted molar refractivity (Wildman–Crippen MR) is 57.0 cm³/mol. The number of amides is 1. The van der Waals surface area contributed by atoms with Gasteiger partial charge in [0.15, 0.2) is 0 Å². The Labute approximate surface area is 87.4 Å². The number of hydrogen-bond acceptors (Lipinski definition) is 2. The van der Waals surface area contributed by atoms with Crippen molar-refractivity contribution in [3.05, 3.63) is 35.4 Å². The van der Waals surface area contributed by atoms with Gasteiger partial charge in [0.1, 0.15) is 0 Å². The van der Waals surface area contributed by atoms with Crippen LogP contribution in [0.15, 0.2) is 29.4 Å². The fraction of sp³-hybridized carbons (Fsp3) is 0.200. The van der Waals surface area contributed by atoms with Crippen molar-refractivity contribution in [3.8, 4) is 0 Å². The van der Waals surface area contributed by atoms with E-state index in [0.717, 1.165) is 12.0 Å². The van der Waals surface area contributed by atoms with Gasteiger partial charge in [-0.25, -0.2) is 5.01 Å². The van der Waals surface area contributed by atoms with E-state index in [9.17, 15) is 4.79 Å². The molecule has 2 rings (SSSR count). The molecule has 0 atom stereocenters. The summed E-state index contributed by atoms with van der Waals surface area (Å²) in [5, 5.41) is 5.08. The summed E-state index contributed by atoms with van der Waals surface area (Å²) in [6.45, 7) is 0.522. The number of benzene rings is 1. The second-order valence-electron chi connectivity index (χ2n) is 3.36. The first-order valence-electron chi connectivity index (χ1n) is 4.68. The zero-order chi connectivity index (χ0) is 10.8. The number of rotatable bonds is 1. The van der Waals surface area contributed by atoms with Gasteiger partial charge in [0.2, 0.25) is 5.96 Å². The van der Waals surface area contributed by atoms with Crippen molar-refractivity contribution in [2.75, 3.05) is 6.54 Å². The molecule has 4 N–H and O–H groups in total. The Hall–Kier alpha value is -2.04. The van der Waals surface area contributed by atoms with Crippen molar-refractivity contribution >= 4 is 11.9 Å². The van der Waals surface area contributed by atoms with Crippen LogP contribution in [0.5, 0.6) is 0 Å². The van der Waals surface area contributed by atoms with E-state index in [1.807, 2.05) is 18.2 Å². The molecule has 1 aromatic carbocycles. The molecule has 1 aliphatic heterocycles. The molecule has 1 amide bonds. The fourth-order valence-electron chi connectivity index (χ4n) is 1.65. The number of fused-ring (bicyclic) bond motifs is 1. The average Bonchev–Trinajstić information content (AvgIpc) is 2.22. The standard InChI is InChI=1S/C10H12N4O/c11-10(12)13-14-6-5-7-3-1-2-4-8(7)9(14)15/h1-4H,5-6H2,(H4,11,12,13). The van der Waals surface area contributed by atoms with E-state index in [2.05, 4.69) is 5.10 Å². The fourth-order valence-corrected chi connectivity index (χ4v) is 1.65. The van der Waals surface area contributed by atoms with E-state index in [-0.39, 0.29) is 11.9 Å². The van der Waals surface area contributed by atoms with E-state index in [1.54, 1.807) is 6.07 Å². The first-order valence-corrected chi connectivity index (χ1v) is 4.68. The Bertz CT molecular complexity index is 423. The van der Waals surface area contributed by atoms with Crippen molar-refractivity contribution in [1.82, 2.24) is 5.01 Å². The molecule has 0 fully saturated rings. The summed E-state index contributed by atoms with van der Waals surface area (Å²) in [5.74, 6) is -0.243. The molecule has 0 radical (unpaired) electrons. The molecule has 0 unspecified atom stereocenters. The highest BCUT2D eigenvalue weighted by atomic mass is 16.2. The molecule has 0 aromatic heterocycles. The maximum atomic E-state index is 11.9. The minimum absolute atomic E-state index is 0.0947. The summed E-state index contributed by atoms with van der Waals surface area (Å²) in [7, 11) is 0. The number of hydrazone groups is 1. The highest BCUT2D eigenvalue weighted by molar-refractivity contribution is 5.97. The topological polar surface area (TPSA) is 84.7 Å². The van der Waals surface area contributed by atoms with Crippen LogP contribution in [0.1, 0.15) is 15.9 Å². The van der Waals surface area contributed by atoms with E-state index in [0.29, 0.717) is 12.1 Å². The average molecular weight is 204 g/mol. The quantitative estimate of drug-likeness (QED) is 0.493. The van der Waals surface area contributed by atoms with Gasteiger partial charge in [0, 0.05) is 12.1 Å². The van der Waals surface area contributed by atoms with E-state index >= 15 is 0 Å². The van der Waals surface area contributed by atoms with Gasteiger partial charge in [0.05, 0.1) is 0 Å². The Morgan fingerprint density at radius 3 is 2.80 bits per heavy atom. The molecule has 0 saturated heterocycles. The van der Waals surface area contributed by atoms with Crippen molar-refractivity contribution < 1.29 is 4.79 Å². The van der Waals surface area contributed by atoms with Gasteiger partial charge in [-0.1, -0.05) is 18.2 Å². The lowest BCUT2D eigenvalue weighted by Crippen LogP contribution is -2.37. The molecule has 0 bridgehead atoms. The van der Waals surface area contributed by atoms with Crippen LogP contribution in [-0.4, -0.2) is 23.4 Å². The van der Waals surface area contributed by atoms with Gasteiger partial charge in [-0.15, -0.1) is 5.10 Å².